The van der Waals surface area contributed by atoms with Gasteiger partial charge < -0.3 is 20.0 Å². The van der Waals surface area contributed by atoms with E-state index in [1.54, 1.807) is 0 Å². The molecule has 2 heterocycles. The Morgan fingerprint density at radius 3 is 2.50 bits per heavy atom. The largest absolute Gasteiger partial charge is 0.396 e. The van der Waals surface area contributed by atoms with Crippen LogP contribution in [-0.4, -0.2) is 71.9 Å². The van der Waals surface area contributed by atoms with Crippen molar-refractivity contribution in [3.63, 3.8) is 0 Å². The van der Waals surface area contributed by atoms with Crippen LogP contribution in [0.15, 0.2) is 24.3 Å². The molecule has 144 valence electrons. The fraction of sp³-hybridized carbons (Fsp3) is 0.667. The second kappa shape index (κ2) is 8.98. The zero-order valence-corrected chi connectivity index (χ0v) is 15.8. The highest BCUT2D eigenvalue weighted by molar-refractivity contribution is 5.79. The Labute approximate surface area is 156 Å². The lowest BCUT2D eigenvalue weighted by atomic mass is 9.93. The summed E-state index contributed by atoms with van der Waals surface area (Å²) in [5.74, 6) is 1.12. The summed E-state index contributed by atoms with van der Waals surface area (Å²) in [4.78, 5) is 17.1. The lowest BCUT2D eigenvalue weighted by Gasteiger charge is -2.33. The molecule has 0 saturated carbocycles. The monoisotopic (exact) mass is 360 g/mol. The van der Waals surface area contributed by atoms with E-state index in [-0.39, 0.29) is 25.0 Å². The highest BCUT2D eigenvalue weighted by Crippen LogP contribution is 2.27. The van der Waals surface area contributed by atoms with Crippen molar-refractivity contribution in [2.24, 2.45) is 17.8 Å². The first kappa shape index (κ1) is 19.3. The molecule has 3 rings (SSSR count). The smallest absolute Gasteiger partial charge is 0.227 e. The van der Waals surface area contributed by atoms with E-state index >= 15 is 0 Å². The molecule has 0 spiro atoms. The summed E-state index contributed by atoms with van der Waals surface area (Å²) in [5, 5.41) is 19.1. The molecule has 1 aromatic carbocycles. The second-order valence-corrected chi connectivity index (χ2v) is 8.09. The highest BCUT2D eigenvalue weighted by atomic mass is 16.3. The maximum Gasteiger partial charge on any atom is 0.227 e. The lowest BCUT2D eigenvalue weighted by Crippen LogP contribution is -2.40. The van der Waals surface area contributed by atoms with Crippen molar-refractivity contribution in [3.8, 4) is 0 Å². The second-order valence-electron chi connectivity index (χ2n) is 8.09. The maximum absolute atomic E-state index is 12.7. The number of rotatable bonds is 6. The fourth-order valence-corrected chi connectivity index (χ4v) is 4.35. The van der Waals surface area contributed by atoms with Crippen LogP contribution in [0.5, 0.6) is 0 Å². The van der Waals surface area contributed by atoms with E-state index in [1.807, 2.05) is 30.0 Å². The molecule has 1 amide bonds. The van der Waals surface area contributed by atoms with E-state index in [1.165, 1.54) is 5.56 Å². The van der Waals surface area contributed by atoms with E-state index in [0.29, 0.717) is 24.8 Å². The van der Waals surface area contributed by atoms with Crippen molar-refractivity contribution < 1.29 is 15.0 Å². The molecular formula is C21H32N2O3. The van der Waals surface area contributed by atoms with Crippen molar-refractivity contribution >= 4 is 5.91 Å². The topological polar surface area (TPSA) is 64.0 Å². The summed E-state index contributed by atoms with van der Waals surface area (Å²) < 4.78 is 0. The van der Waals surface area contributed by atoms with Gasteiger partial charge in [-0.1, -0.05) is 29.8 Å². The molecule has 2 aliphatic rings. The fourth-order valence-electron chi connectivity index (χ4n) is 4.35. The van der Waals surface area contributed by atoms with E-state index in [9.17, 15) is 15.0 Å². The number of hydrogen-bond acceptors (Lipinski definition) is 4. The summed E-state index contributed by atoms with van der Waals surface area (Å²) in [5.41, 5.74) is 2.24. The van der Waals surface area contributed by atoms with Gasteiger partial charge in [0.1, 0.15) is 0 Å². The van der Waals surface area contributed by atoms with Crippen LogP contribution in [0.1, 0.15) is 24.0 Å². The van der Waals surface area contributed by atoms with Crippen LogP contribution in [0.3, 0.4) is 0 Å². The Bertz CT molecular complexity index is 599. The minimum atomic E-state index is 0.145. The molecule has 0 aliphatic carbocycles. The number of likely N-dealkylation sites (tertiary alicyclic amines) is 2. The van der Waals surface area contributed by atoms with Gasteiger partial charge in [-0.25, -0.2) is 0 Å². The molecule has 26 heavy (non-hydrogen) atoms. The van der Waals surface area contributed by atoms with Crippen LogP contribution in [0, 0.1) is 24.7 Å². The normalized spacial score (nSPS) is 25.0. The molecule has 1 aromatic rings. The molecule has 2 saturated heterocycles. The van der Waals surface area contributed by atoms with Crippen molar-refractivity contribution in [2.75, 3.05) is 45.9 Å². The Balaban J connectivity index is 1.54. The van der Waals surface area contributed by atoms with Gasteiger partial charge in [-0.3, -0.25) is 4.79 Å². The third-order valence-corrected chi connectivity index (χ3v) is 6.06. The predicted octanol–water partition coefficient (Wildman–Crippen LogP) is 1.31. The van der Waals surface area contributed by atoms with Crippen LogP contribution in [-0.2, 0) is 11.2 Å². The molecule has 2 atom stereocenters. The van der Waals surface area contributed by atoms with Crippen molar-refractivity contribution in [3.05, 3.63) is 35.4 Å². The third kappa shape index (κ3) is 4.84. The number of carbonyl (C=O) groups is 1. The number of amides is 1. The average Bonchev–Trinajstić information content (AvgIpc) is 3.05. The number of carbonyl (C=O) groups excluding carboxylic acids is 1. The minimum absolute atomic E-state index is 0.145. The first-order valence-corrected chi connectivity index (χ1v) is 9.86. The van der Waals surface area contributed by atoms with E-state index in [4.69, 9.17) is 0 Å². The van der Waals surface area contributed by atoms with Gasteiger partial charge in [-0.2, -0.15) is 0 Å². The first-order chi connectivity index (χ1) is 12.6. The maximum atomic E-state index is 12.7. The van der Waals surface area contributed by atoms with E-state index < -0.39 is 0 Å². The Morgan fingerprint density at radius 1 is 1.12 bits per heavy atom. The van der Waals surface area contributed by atoms with E-state index in [0.717, 1.165) is 44.6 Å². The first-order valence-electron chi connectivity index (χ1n) is 9.86. The standard InChI is InChI=1S/C21H32N2O3/c1-16-3-2-4-18(9-16)10-21(26)23-12-19(20(13-23)15-25)11-22-7-5-17(14-24)6-8-22/h2-4,9,17,19-20,24-25H,5-8,10-15H2,1H3/t19-,20-/m1/s1. The van der Waals surface area contributed by atoms with Gasteiger partial charge in [0.2, 0.25) is 5.91 Å². The third-order valence-electron chi connectivity index (χ3n) is 6.06. The average molecular weight is 360 g/mol. The van der Waals surface area contributed by atoms with Crippen LogP contribution in [0.4, 0.5) is 0 Å². The van der Waals surface area contributed by atoms with Gasteiger partial charge in [0.05, 0.1) is 6.42 Å². The molecular weight excluding hydrogens is 328 g/mol. The molecule has 2 aliphatic heterocycles. The van der Waals surface area contributed by atoms with Gasteiger partial charge in [0, 0.05) is 38.8 Å². The van der Waals surface area contributed by atoms with Crippen molar-refractivity contribution in [2.45, 2.75) is 26.2 Å². The highest BCUT2D eigenvalue weighted by Gasteiger charge is 2.36. The summed E-state index contributed by atoms with van der Waals surface area (Å²) in [6, 6.07) is 8.12. The molecule has 2 N–H and O–H groups in total. The molecule has 5 heteroatoms. The van der Waals surface area contributed by atoms with Gasteiger partial charge in [-0.05, 0) is 50.3 Å². The van der Waals surface area contributed by atoms with Gasteiger partial charge in [0.25, 0.3) is 0 Å². The Hall–Kier alpha value is -1.43. The van der Waals surface area contributed by atoms with Gasteiger partial charge >= 0.3 is 0 Å². The zero-order chi connectivity index (χ0) is 18.5. The van der Waals surface area contributed by atoms with Crippen molar-refractivity contribution in [1.82, 2.24) is 9.80 Å². The van der Waals surface area contributed by atoms with Crippen LogP contribution < -0.4 is 0 Å². The molecule has 0 bridgehead atoms. The van der Waals surface area contributed by atoms with Crippen LogP contribution in [0.2, 0.25) is 0 Å². The number of piperidine rings is 1. The van der Waals surface area contributed by atoms with Crippen LogP contribution in [0.25, 0.3) is 0 Å². The molecule has 0 aromatic heterocycles. The number of aliphatic hydroxyl groups excluding tert-OH is 2. The van der Waals surface area contributed by atoms with Gasteiger partial charge in [0.15, 0.2) is 0 Å². The van der Waals surface area contributed by atoms with Crippen molar-refractivity contribution in [1.29, 1.82) is 0 Å². The van der Waals surface area contributed by atoms with Crippen LogP contribution >= 0.6 is 0 Å². The summed E-state index contributed by atoms with van der Waals surface area (Å²) in [7, 11) is 0. The lowest BCUT2D eigenvalue weighted by molar-refractivity contribution is -0.129. The number of hydrogen-bond donors (Lipinski definition) is 2. The summed E-state index contributed by atoms with van der Waals surface area (Å²) in [6.07, 6.45) is 2.53. The summed E-state index contributed by atoms with van der Waals surface area (Å²) in [6.45, 7) is 6.85. The number of benzene rings is 1. The number of aliphatic hydroxyl groups is 2. The van der Waals surface area contributed by atoms with E-state index in [2.05, 4.69) is 11.0 Å². The predicted molar refractivity (Wildman–Crippen MR) is 102 cm³/mol. The SMILES string of the molecule is Cc1cccc(CC(=O)N2C[C@@H](CN3CCC(CO)CC3)[C@@H](CO)C2)c1. The number of aryl methyl sites for hydroxylation is 1. The summed E-state index contributed by atoms with van der Waals surface area (Å²) >= 11 is 0. The minimum Gasteiger partial charge on any atom is -0.396 e. The zero-order valence-electron chi connectivity index (χ0n) is 15.8. The van der Waals surface area contributed by atoms with Gasteiger partial charge in [-0.15, -0.1) is 0 Å². The molecule has 5 nitrogen and oxygen atoms in total. The Kier molecular flexibility index (Phi) is 6.68. The number of nitrogens with zero attached hydrogens (tertiary/aromatic N) is 2. The molecule has 0 unspecified atom stereocenters. The Morgan fingerprint density at radius 2 is 1.85 bits per heavy atom. The molecule has 0 radical (unpaired) electrons. The quantitative estimate of drug-likeness (QED) is 0.803. The molecule has 2 fully saturated rings.